The molecule has 0 bridgehead atoms. The highest BCUT2D eigenvalue weighted by Crippen LogP contribution is 2.38. The van der Waals surface area contributed by atoms with E-state index in [9.17, 15) is 14.4 Å². The molecule has 0 spiro atoms. The number of aromatic nitrogens is 2. The van der Waals surface area contributed by atoms with Gasteiger partial charge in [0.15, 0.2) is 0 Å². The Morgan fingerprint density at radius 1 is 0.980 bits per heavy atom. The maximum absolute atomic E-state index is 14.0. The van der Waals surface area contributed by atoms with Crippen molar-refractivity contribution in [2.75, 3.05) is 35.3 Å². The number of pyridine rings is 2. The fourth-order valence-corrected chi connectivity index (χ4v) is 6.81. The van der Waals surface area contributed by atoms with Gasteiger partial charge in [0.2, 0.25) is 0 Å². The second-order valence-electron chi connectivity index (χ2n) is 12.3. The van der Waals surface area contributed by atoms with Gasteiger partial charge < -0.3 is 30.9 Å². The van der Waals surface area contributed by atoms with Crippen molar-refractivity contribution >= 4 is 69.0 Å². The second-order valence-corrected chi connectivity index (χ2v) is 13.1. The Kier molecular flexibility index (Phi) is 10.9. The summed E-state index contributed by atoms with van der Waals surface area (Å²) in [6.45, 7) is 3.97. The molecule has 0 radical (unpaired) electrons. The van der Waals surface area contributed by atoms with Gasteiger partial charge in [-0.1, -0.05) is 47.5 Å². The molecule has 1 fully saturated rings. The number of nitrogens with one attached hydrogen (secondary N) is 2. The Bertz CT molecular complexity index is 2090. The summed E-state index contributed by atoms with van der Waals surface area (Å²) >= 11 is 13.6. The maximum Gasteiger partial charge on any atom is 0.313 e. The molecular weight excluding hydrogens is 689 g/mol. The third kappa shape index (κ3) is 8.00. The predicted octanol–water partition coefficient (Wildman–Crippen LogP) is 7.44. The standard InChI is InChI=1S/C38H37Cl2N7O4/c1-23-20-31(47-18-4-3-5-19-47)27-10-7-11-32(35(27)43-23)51-22-28-29(39)12-13-30(33(28)40)46(2)37(49)34(45-38(41)50)24-8-6-9-25(21-24)36(48)44-26-14-16-42-17-15-26/h6-17,20-21,34H,3-5,18-19,22H2,1-2H3,(H3,41,45,50)(H,42,44,48). The van der Waals surface area contributed by atoms with Gasteiger partial charge in [-0.05, 0) is 80.3 Å². The number of benzene rings is 3. The molecule has 3 aromatic carbocycles. The number of nitrogens with zero attached hydrogens (tertiary/aromatic N) is 4. The lowest BCUT2D eigenvalue weighted by Crippen LogP contribution is -2.43. The summed E-state index contributed by atoms with van der Waals surface area (Å²) in [4.78, 5) is 51.6. The van der Waals surface area contributed by atoms with Gasteiger partial charge in [-0.15, -0.1) is 0 Å². The zero-order chi connectivity index (χ0) is 36.1. The molecule has 1 aliphatic rings. The number of para-hydroxylation sites is 1. The summed E-state index contributed by atoms with van der Waals surface area (Å²) in [5.41, 5.74) is 10.2. The van der Waals surface area contributed by atoms with Gasteiger partial charge in [-0.25, -0.2) is 9.78 Å². The summed E-state index contributed by atoms with van der Waals surface area (Å²) in [6, 6.07) is 18.7. The van der Waals surface area contributed by atoms with E-state index in [4.69, 9.17) is 38.7 Å². The summed E-state index contributed by atoms with van der Waals surface area (Å²) < 4.78 is 6.34. The van der Waals surface area contributed by atoms with E-state index in [-0.39, 0.29) is 17.2 Å². The third-order valence-corrected chi connectivity index (χ3v) is 9.56. The molecule has 3 heterocycles. The highest BCUT2D eigenvalue weighted by molar-refractivity contribution is 6.38. The van der Waals surface area contributed by atoms with Crippen LogP contribution in [0.25, 0.3) is 10.9 Å². The number of carbonyl (C=O) groups excluding carboxylic acids is 3. The Morgan fingerprint density at radius 2 is 1.73 bits per heavy atom. The topological polar surface area (TPSA) is 143 Å². The number of ether oxygens (including phenoxy) is 1. The van der Waals surface area contributed by atoms with E-state index in [1.165, 1.54) is 24.4 Å². The number of anilines is 3. The average molecular weight is 727 g/mol. The van der Waals surface area contributed by atoms with Gasteiger partial charge in [-0.2, -0.15) is 0 Å². The number of halogens is 2. The van der Waals surface area contributed by atoms with Crippen LogP contribution in [-0.4, -0.2) is 48.0 Å². The number of nitrogens with two attached hydrogens (primary N) is 1. The molecule has 5 aromatic rings. The van der Waals surface area contributed by atoms with Crippen molar-refractivity contribution < 1.29 is 19.1 Å². The Hall–Kier alpha value is -5.39. The molecule has 4 amide bonds. The van der Waals surface area contributed by atoms with E-state index in [0.29, 0.717) is 33.3 Å². The van der Waals surface area contributed by atoms with Crippen LogP contribution in [0, 0.1) is 6.92 Å². The minimum atomic E-state index is -1.24. The van der Waals surface area contributed by atoms with E-state index in [0.717, 1.165) is 48.2 Å². The van der Waals surface area contributed by atoms with Crippen LogP contribution in [0.5, 0.6) is 5.75 Å². The van der Waals surface area contributed by atoms with Crippen LogP contribution in [0.3, 0.4) is 0 Å². The lowest BCUT2D eigenvalue weighted by molar-refractivity contribution is -0.120. The van der Waals surface area contributed by atoms with Crippen LogP contribution in [0.15, 0.2) is 85.2 Å². The Balaban J connectivity index is 1.25. The number of piperidine rings is 1. The number of fused-ring (bicyclic) bond motifs is 1. The molecule has 1 unspecified atom stereocenters. The van der Waals surface area contributed by atoms with Crippen molar-refractivity contribution in [3.05, 3.63) is 118 Å². The SMILES string of the molecule is Cc1cc(N2CCCCC2)c2cccc(OCc3c(Cl)ccc(N(C)C(=O)C(NC(N)=O)c4cccc(C(=O)Nc5ccncc5)c4)c3Cl)c2n1. The van der Waals surface area contributed by atoms with E-state index >= 15 is 0 Å². The first-order valence-corrected chi connectivity index (χ1v) is 17.3. The molecule has 6 rings (SSSR count). The number of hydrogen-bond acceptors (Lipinski definition) is 7. The summed E-state index contributed by atoms with van der Waals surface area (Å²) in [5, 5.41) is 6.84. The molecule has 13 heteroatoms. The zero-order valence-electron chi connectivity index (χ0n) is 28.2. The lowest BCUT2D eigenvalue weighted by Gasteiger charge is -2.30. The average Bonchev–Trinajstić information content (AvgIpc) is 3.14. The van der Waals surface area contributed by atoms with Gasteiger partial charge in [0.1, 0.15) is 23.9 Å². The lowest BCUT2D eigenvalue weighted by atomic mass is 10.0. The summed E-state index contributed by atoms with van der Waals surface area (Å²) in [6.07, 6.45) is 6.65. The third-order valence-electron chi connectivity index (χ3n) is 8.79. The van der Waals surface area contributed by atoms with Crippen LogP contribution in [0.2, 0.25) is 10.0 Å². The Morgan fingerprint density at radius 3 is 2.47 bits per heavy atom. The number of carbonyl (C=O) groups is 3. The minimum Gasteiger partial charge on any atom is -0.487 e. The molecular formula is C38H37Cl2N7O4. The monoisotopic (exact) mass is 725 g/mol. The van der Waals surface area contributed by atoms with Crippen molar-refractivity contribution in [3.63, 3.8) is 0 Å². The quantitative estimate of drug-likeness (QED) is 0.136. The number of urea groups is 1. The summed E-state index contributed by atoms with van der Waals surface area (Å²) in [5.74, 6) is -0.392. The van der Waals surface area contributed by atoms with Gasteiger partial charge in [0.05, 0.1) is 10.7 Å². The van der Waals surface area contributed by atoms with Crippen molar-refractivity contribution in [2.24, 2.45) is 5.73 Å². The first kappa shape index (κ1) is 35.4. The van der Waals surface area contributed by atoms with Crippen LogP contribution in [-0.2, 0) is 11.4 Å². The first-order chi connectivity index (χ1) is 24.6. The van der Waals surface area contributed by atoms with Gasteiger partial charge in [0, 0.05) is 71.1 Å². The number of aryl methyl sites for hydroxylation is 1. The molecule has 262 valence electrons. The molecule has 0 aliphatic carbocycles. The number of hydrogen-bond donors (Lipinski definition) is 3. The maximum atomic E-state index is 14.0. The second kappa shape index (κ2) is 15.7. The smallest absolute Gasteiger partial charge is 0.313 e. The van der Waals surface area contributed by atoms with Crippen molar-refractivity contribution in [3.8, 4) is 5.75 Å². The Labute approximate surface area is 305 Å². The zero-order valence-corrected chi connectivity index (χ0v) is 29.7. The van der Waals surface area contributed by atoms with Crippen LogP contribution in [0.4, 0.5) is 21.9 Å². The van der Waals surface area contributed by atoms with Gasteiger partial charge in [-0.3, -0.25) is 14.6 Å². The van der Waals surface area contributed by atoms with Crippen molar-refractivity contribution in [1.29, 1.82) is 0 Å². The molecule has 1 aliphatic heterocycles. The van der Waals surface area contributed by atoms with Crippen molar-refractivity contribution in [2.45, 2.75) is 38.8 Å². The first-order valence-electron chi connectivity index (χ1n) is 16.5. The molecule has 11 nitrogen and oxygen atoms in total. The number of rotatable bonds is 10. The van der Waals surface area contributed by atoms with E-state index in [1.807, 2.05) is 19.1 Å². The van der Waals surface area contributed by atoms with E-state index < -0.39 is 23.9 Å². The van der Waals surface area contributed by atoms with Crippen molar-refractivity contribution in [1.82, 2.24) is 15.3 Å². The number of likely N-dealkylation sites (N-methyl/N-ethyl adjacent to an activating group) is 1. The largest absolute Gasteiger partial charge is 0.487 e. The van der Waals surface area contributed by atoms with Gasteiger partial charge >= 0.3 is 6.03 Å². The highest BCUT2D eigenvalue weighted by Gasteiger charge is 2.29. The number of primary amides is 1. The van der Waals surface area contributed by atoms with Gasteiger partial charge in [0.25, 0.3) is 11.8 Å². The molecule has 0 saturated carbocycles. The highest BCUT2D eigenvalue weighted by atomic mass is 35.5. The molecule has 1 saturated heterocycles. The summed E-state index contributed by atoms with van der Waals surface area (Å²) in [7, 11) is 1.53. The van der Waals surface area contributed by atoms with Crippen LogP contribution in [0.1, 0.15) is 52.5 Å². The van der Waals surface area contributed by atoms with Crippen LogP contribution >= 0.6 is 23.2 Å². The fraction of sp³-hybridized carbons (Fsp3) is 0.237. The normalized spacial score (nSPS) is 13.4. The van der Waals surface area contributed by atoms with E-state index in [2.05, 4.69) is 32.7 Å². The number of amides is 4. The molecule has 51 heavy (non-hydrogen) atoms. The van der Waals surface area contributed by atoms with E-state index in [1.54, 1.807) is 54.9 Å². The molecule has 2 aromatic heterocycles. The minimum absolute atomic E-state index is 0.00107. The predicted molar refractivity (Wildman–Crippen MR) is 201 cm³/mol. The molecule has 1 atom stereocenters. The fourth-order valence-electron chi connectivity index (χ4n) is 6.21. The molecule has 4 N–H and O–H groups in total. The van der Waals surface area contributed by atoms with Crippen LogP contribution < -0.4 is 30.9 Å².